The number of hydrogen-bond donors (Lipinski definition) is 1. The Morgan fingerprint density at radius 3 is 2.85 bits per heavy atom. The monoisotopic (exact) mass is 290 g/mol. The number of amides is 1. The van der Waals surface area contributed by atoms with Crippen molar-refractivity contribution in [1.29, 1.82) is 5.26 Å². The third kappa shape index (κ3) is 5.05. The number of carbonyl (C=O) groups is 1. The van der Waals surface area contributed by atoms with Crippen LogP contribution in [0, 0.1) is 29.1 Å². The first-order valence-electron chi connectivity index (χ1n) is 6.44. The molecule has 1 N–H and O–H groups in total. The molecule has 1 amide bonds. The van der Waals surface area contributed by atoms with Gasteiger partial charge in [0.25, 0.3) is 5.91 Å². The molecule has 0 unspecified atom stereocenters. The molecule has 0 aromatic carbocycles. The van der Waals surface area contributed by atoms with Crippen molar-refractivity contribution in [2.75, 3.05) is 19.7 Å². The average Bonchev–Trinajstić information content (AvgIpc) is 2.88. The molecule has 0 aliphatic heterocycles. The summed E-state index contributed by atoms with van der Waals surface area (Å²) in [6.45, 7) is 4.97. The molecule has 1 rings (SSSR count). The molecule has 20 heavy (non-hydrogen) atoms. The van der Waals surface area contributed by atoms with Crippen molar-refractivity contribution in [1.82, 2.24) is 4.90 Å². The second-order valence-electron chi connectivity index (χ2n) is 4.68. The van der Waals surface area contributed by atoms with E-state index in [-0.39, 0.29) is 12.5 Å². The molecule has 0 aliphatic rings. The van der Waals surface area contributed by atoms with Crippen LogP contribution in [-0.4, -0.2) is 35.6 Å². The second kappa shape index (κ2) is 8.37. The van der Waals surface area contributed by atoms with Crippen LogP contribution >= 0.6 is 11.3 Å². The maximum atomic E-state index is 12.4. The first-order valence-corrected chi connectivity index (χ1v) is 7.26. The highest BCUT2D eigenvalue weighted by atomic mass is 32.1. The van der Waals surface area contributed by atoms with E-state index >= 15 is 0 Å². The second-order valence-corrected chi connectivity index (χ2v) is 5.76. The van der Waals surface area contributed by atoms with Gasteiger partial charge in [-0.25, -0.2) is 0 Å². The van der Waals surface area contributed by atoms with Gasteiger partial charge in [0.05, 0.1) is 22.2 Å². The van der Waals surface area contributed by atoms with Gasteiger partial charge in [-0.05, 0) is 18.1 Å². The van der Waals surface area contributed by atoms with Crippen LogP contribution in [0.25, 0.3) is 0 Å². The van der Waals surface area contributed by atoms with E-state index in [1.54, 1.807) is 17.0 Å². The summed E-state index contributed by atoms with van der Waals surface area (Å²) < 4.78 is 0. The summed E-state index contributed by atoms with van der Waals surface area (Å²) in [6, 6.07) is 5.59. The SMILES string of the molecule is CC(C)CN(CCC#N)C(=O)c1ccc(C#CCO)s1. The fourth-order valence-corrected chi connectivity index (χ4v) is 2.55. The zero-order valence-electron chi connectivity index (χ0n) is 11.7. The predicted molar refractivity (Wildman–Crippen MR) is 79.3 cm³/mol. The van der Waals surface area contributed by atoms with Crippen molar-refractivity contribution in [3.05, 3.63) is 21.9 Å². The molecule has 0 fully saturated rings. The molecular weight excluding hydrogens is 272 g/mol. The topological polar surface area (TPSA) is 64.3 Å². The van der Waals surface area contributed by atoms with Crippen molar-refractivity contribution in [2.45, 2.75) is 20.3 Å². The third-order valence-corrected chi connectivity index (χ3v) is 3.46. The molecular formula is C15H18N2O2S. The van der Waals surface area contributed by atoms with E-state index in [2.05, 4.69) is 17.9 Å². The summed E-state index contributed by atoms with van der Waals surface area (Å²) in [7, 11) is 0. The number of carbonyl (C=O) groups excluding carboxylic acids is 1. The average molecular weight is 290 g/mol. The summed E-state index contributed by atoms with van der Waals surface area (Å²) in [5.41, 5.74) is 0. The zero-order chi connectivity index (χ0) is 15.0. The minimum absolute atomic E-state index is 0.0593. The smallest absolute Gasteiger partial charge is 0.264 e. The Kier molecular flexibility index (Phi) is 6.79. The van der Waals surface area contributed by atoms with Crippen LogP contribution in [-0.2, 0) is 0 Å². The van der Waals surface area contributed by atoms with Crippen molar-refractivity contribution < 1.29 is 9.90 Å². The van der Waals surface area contributed by atoms with Crippen LogP contribution in [0.4, 0.5) is 0 Å². The molecule has 1 heterocycles. The normalized spacial score (nSPS) is 9.75. The lowest BCUT2D eigenvalue weighted by Gasteiger charge is -2.22. The molecule has 0 atom stereocenters. The summed E-state index contributed by atoms with van der Waals surface area (Å²) in [4.78, 5) is 15.5. The van der Waals surface area contributed by atoms with Gasteiger partial charge in [-0.3, -0.25) is 4.79 Å². The van der Waals surface area contributed by atoms with Gasteiger partial charge >= 0.3 is 0 Å². The predicted octanol–water partition coefficient (Wildman–Crippen LogP) is 2.10. The largest absolute Gasteiger partial charge is 0.384 e. The Morgan fingerprint density at radius 2 is 2.25 bits per heavy atom. The number of nitrogens with zero attached hydrogens (tertiary/aromatic N) is 2. The Morgan fingerprint density at radius 1 is 1.50 bits per heavy atom. The lowest BCUT2D eigenvalue weighted by Crippen LogP contribution is -2.34. The van der Waals surface area contributed by atoms with Crippen LogP contribution in [0.3, 0.4) is 0 Å². The third-order valence-electron chi connectivity index (χ3n) is 2.47. The molecule has 0 saturated carbocycles. The van der Waals surface area contributed by atoms with Crippen LogP contribution in [0.5, 0.6) is 0 Å². The van der Waals surface area contributed by atoms with E-state index in [1.807, 2.05) is 13.8 Å². The van der Waals surface area contributed by atoms with Crippen molar-refractivity contribution >= 4 is 17.2 Å². The maximum absolute atomic E-state index is 12.4. The lowest BCUT2D eigenvalue weighted by molar-refractivity contribution is 0.0745. The molecule has 106 valence electrons. The van der Waals surface area contributed by atoms with Crippen LogP contribution in [0.1, 0.15) is 34.8 Å². The summed E-state index contributed by atoms with van der Waals surface area (Å²) >= 11 is 1.31. The minimum Gasteiger partial charge on any atom is -0.384 e. The highest BCUT2D eigenvalue weighted by Gasteiger charge is 2.18. The number of thiophene rings is 1. The van der Waals surface area contributed by atoms with Gasteiger partial charge in [-0.15, -0.1) is 11.3 Å². The van der Waals surface area contributed by atoms with Crippen LogP contribution < -0.4 is 0 Å². The Balaban J connectivity index is 2.82. The lowest BCUT2D eigenvalue weighted by atomic mass is 10.2. The quantitative estimate of drug-likeness (QED) is 0.845. The van der Waals surface area contributed by atoms with Gasteiger partial charge in [0.1, 0.15) is 6.61 Å². The number of aliphatic hydroxyl groups is 1. The minimum atomic E-state index is -0.192. The van der Waals surface area contributed by atoms with Gasteiger partial charge in [-0.1, -0.05) is 25.7 Å². The molecule has 0 aliphatic carbocycles. The Hall–Kier alpha value is -1.82. The van der Waals surface area contributed by atoms with Crippen molar-refractivity contribution in [3.63, 3.8) is 0 Å². The van der Waals surface area contributed by atoms with E-state index in [1.165, 1.54) is 11.3 Å². The molecule has 0 bridgehead atoms. The van der Waals surface area contributed by atoms with Crippen LogP contribution in [0.2, 0.25) is 0 Å². The van der Waals surface area contributed by atoms with E-state index in [0.29, 0.717) is 30.3 Å². The molecule has 5 heteroatoms. The number of nitriles is 1. The van der Waals surface area contributed by atoms with Crippen molar-refractivity contribution in [2.24, 2.45) is 5.92 Å². The van der Waals surface area contributed by atoms with Gasteiger partial charge in [0.15, 0.2) is 0 Å². The van der Waals surface area contributed by atoms with Crippen LogP contribution in [0.15, 0.2) is 12.1 Å². The highest BCUT2D eigenvalue weighted by molar-refractivity contribution is 7.14. The summed E-state index contributed by atoms with van der Waals surface area (Å²) in [6.07, 6.45) is 0.334. The molecule has 0 radical (unpaired) electrons. The Bertz CT molecular complexity index is 546. The standard InChI is InChI=1S/C15H18N2O2S/c1-12(2)11-17(9-4-8-16)15(19)14-7-6-13(20-14)5-3-10-18/h6-7,12,18H,4,9-11H2,1-2H3. The summed E-state index contributed by atoms with van der Waals surface area (Å²) in [5, 5.41) is 17.3. The van der Waals surface area contributed by atoms with Crippen molar-refractivity contribution in [3.8, 4) is 17.9 Å². The fourth-order valence-electron chi connectivity index (χ4n) is 1.70. The molecule has 1 aromatic heterocycles. The number of rotatable bonds is 5. The van der Waals surface area contributed by atoms with E-state index in [4.69, 9.17) is 10.4 Å². The first kappa shape index (κ1) is 16.2. The maximum Gasteiger partial charge on any atom is 0.264 e. The van der Waals surface area contributed by atoms with Gasteiger partial charge in [0, 0.05) is 13.1 Å². The number of hydrogen-bond acceptors (Lipinski definition) is 4. The molecule has 1 aromatic rings. The van der Waals surface area contributed by atoms with Gasteiger partial charge in [-0.2, -0.15) is 5.26 Å². The summed E-state index contributed by atoms with van der Waals surface area (Å²) in [5.74, 6) is 5.64. The first-order chi connectivity index (χ1) is 9.58. The zero-order valence-corrected chi connectivity index (χ0v) is 12.5. The molecule has 4 nitrogen and oxygen atoms in total. The van der Waals surface area contributed by atoms with Gasteiger partial charge < -0.3 is 10.0 Å². The van der Waals surface area contributed by atoms with E-state index in [0.717, 1.165) is 4.88 Å². The highest BCUT2D eigenvalue weighted by Crippen LogP contribution is 2.18. The Labute approximate surface area is 123 Å². The van der Waals surface area contributed by atoms with E-state index in [9.17, 15) is 4.79 Å². The van der Waals surface area contributed by atoms with E-state index < -0.39 is 0 Å². The van der Waals surface area contributed by atoms with Gasteiger partial charge in [0.2, 0.25) is 0 Å². The number of aliphatic hydroxyl groups excluding tert-OH is 1. The molecule has 0 saturated heterocycles. The molecule has 0 spiro atoms. The fraction of sp³-hybridized carbons (Fsp3) is 0.467.